The quantitative estimate of drug-likeness (QED) is 0.771. The van der Waals surface area contributed by atoms with Gasteiger partial charge in [0.05, 0.1) is 22.8 Å². The van der Waals surface area contributed by atoms with E-state index in [0.29, 0.717) is 18.2 Å². The van der Waals surface area contributed by atoms with Gasteiger partial charge in [0.1, 0.15) is 0 Å². The average molecular weight is 308 g/mol. The third-order valence-corrected chi connectivity index (χ3v) is 3.33. The molecule has 0 aliphatic carbocycles. The standard InChI is InChI=1S/C15H18ClN3O2/c1-21-9-3-8-17-14(20)10-19-13-6-5-12(16)11-4-2-7-18-15(11)13/h2,4-7,19H,3,8-10H2,1H3,(H,17,20). The molecule has 21 heavy (non-hydrogen) atoms. The lowest BCUT2D eigenvalue weighted by Crippen LogP contribution is -2.31. The van der Waals surface area contributed by atoms with Crippen LogP contribution in [0.4, 0.5) is 5.69 Å². The number of rotatable bonds is 7. The van der Waals surface area contributed by atoms with Crippen LogP contribution in [0, 0.1) is 0 Å². The maximum atomic E-state index is 11.7. The molecule has 6 heteroatoms. The molecule has 0 saturated carbocycles. The van der Waals surface area contributed by atoms with Gasteiger partial charge in [-0.15, -0.1) is 0 Å². The van der Waals surface area contributed by atoms with Crippen molar-refractivity contribution in [1.82, 2.24) is 10.3 Å². The summed E-state index contributed by atoms with van der Waals surface area (Å²) in [5.41, 5.74) is 1.55. The van der Waals surface area contributed by atoms with E-state index >= 15 is 0 Å². The largest absolute Gasteiger partial charge is 0.385 e. The van der Waals surface area contributed by atoms with Crippen LogP contribution in [0.25, 0.3) is 10.9 Å². The second-order valence-corrected chi connectivity index (χ2v) is 4.95. The SMILES string of the molecule is COCCCNC(=O)CNc1ccc(Cl)c2cccnc12. The zero-order chi connectivity index (χ0) is 15.1. The first-order chi connectivity index (χ1) is 10.2. The lowest BCUT2D eigenvalue weighted by Gasteiger charge is -2.10. The van der Waals surface area contributed by atoms with E-state index in [1.54, 1.807) is 19.4 Å². The minimum absolute atomic E-state index is 0.0647. The van der Waals surface area contributed by atoms with E-state index in [1.807, 2.05) is 18.2 Å². The number of aromatic nitrogens is 1. The fraction of sp³-hybridized carbons (Fsp3) is 0.333. The zero-order valence-corrected chi connectivity index (χ0v) is 12.6. The van der Waals surface area contributed by atoms with Gasteiger partial charge in [0.15, 0.2) is 0 Å². The molecule has 2 N–H and O–H groups in total. The second kappa shape index (κ2) is 7.81. The summed E-state index contributed by atoms with van der Waals surface area (Å²) in [7, 11) is 1.64. The molecule has 0 bridgehead atoms. The van der Waals surface area contributed by atoms with Gasteiger partial charge in [-0.1, -0.05) is 11.6 Å². The van der Waals surface area contributed by atoms with Crippen molar-refractivity contribution in [3.05, 3.63) is 35.5 Å². The molecule has 1 aromatic heterocycles. The number of fused-ring (bicyclic) bond motifs is 1. The minimum Gasteiger partial charge on any atom is -0.385 e. The van der Waals surface area contributed by atoms with E-state index < -0.39 is 0 Å². The number of nitrogens with one attached hydrogen (secondary N) is 2. The maximum absolute atomic E-state index is 11.7. The molecule has 1 heterocycles. The van der Waals surface area contributed by atoms with Crippen LogP contribution in [-0.4, -0.2) is 37.7 Å². The van der Waals surface area contributed by atoms with E-state index in [4.69, 9.17) is 16.3 Å². The topological polar surface area (TPSA) is 63.2 Å². The van der Waals surface area contributed by atoms with Crippen molar-refractivity contribution >= 4 is 34.1 Å². The first kappa shape index (κ1) is 15.5. The summed E-state index contributed by atoms with van der Waals surface area (Å²) >= 11 is 6.13. The highest BCUT2D eigenvalue weighted by Gasteiger charge is 2.07. The van der Waals surface area contributed by atoms with Gasteiger partial charge in [0.25, 0.3) is 0 Å². The predicted molar refractivity (Wildman–Crippen MR) is 84.7 cm³/mol. The van der Waals surface area contributed by atoms with Gasteiger partial charge >= 0.3 is 0 Å². The summed E-state index contributed by atoms with van der Waals surface area (Å²) in [6.07, 6.45) is 2.50. The lowest BCUT2D eigenvalue weighted by molar-refractivity contribution is -0.119. The Morgan fingerprint density at radius 3 is 3.05 bits per heavy atom. The number of nitrogens with zero attached hydrogens (tertiary/aromatic N) is 1. The van der Waals surface area contributed by atoms with Crippen molar-refractivity contribution < 1.29 is 9.53 Å². The van der Waals surface area contributed by atoms with Gasteiger partial charge < -0.3 is 15.4 Å². The molecule has 0 spiro atoms. The summed E-state index contributed by atoms with van der Waals surface area (Å²) in [6.45, 7) is 1.44. The fourth-order valence-corrected chi connectivity index (χ4v) is 2.18. The highest BCUT2D eigenvalue weighted by Crippen LogP contribution is 2.27. The number of carbonyl (C=O) groups is 1. The number of ether oxygens (including phenoxy) is 1. The molecule has 5 nitrogen and oxygen atoms in total. The third-order valence-electron chi connectivity index (χ3n) is 3.00. The van der Waals surface area contributed by atoms with Crippen molar-refractivity contribution in [2.45, 2.75) is 6.42 Å². The zero-order valence-electron chi connectivity index (χ0n) is 11.9. The van der Waals surface area contributed by atoms with Crippen LogP contribution in [0.15, 0.2) is 30.5 Å². The van der Waals surface area contributed by atoms with Gasteiger partial charge in [0, 0.05) is 31.8 Å². The number of anilines is 1. The molecule has 2 rings (SSSR count). The van der Waals surface area contributed by atoms with Crippen LogP contribution >= 0.6 is 11.6 Å². The van der Waals surface area contributed by atoms with Gasteiger partial charge in [-0.05, 0) is 30.7 Å². The molecule has 0 atom stereocenters. The molecule has 0 unspecified atom stereocenters. The van der Waals surface area contributed by atoms with E-state index in [2.05, 4.69) is 15.6 Å². The molecule has 112 valence electrons. The Balaban J connectivity index is 1.95. The highest BCUT2D eigenvalue weighted by molar-refractivity contribution is 6.35. The van der Waals surface area contributed by atoms with Crippen molar-refractivity contribution in [2.75, 3.05) is 32.1 Å². The van der Waals surface area contributed by atoms with E-state index in [-0.39, 0.29) is 12.5 Å². The Morgan fingerprint density at radius 2 is 2.24 bits per heavy atom. The minimum atomic E-state index is -0.0647. The highest BCUT2D eigenvalue weighted by atomic mass is 35.5. The molecule has 2 aromatic rings. The van der Waals surface area contributed by atoms with Crippen LogP contribution in [0.3, 0.4) is 0 Å². The molecule has 1 aromatic carbocycles. The van der Waals surface area contributed by atoms with Crippen LogP contribution in [0.5, 0.6) is 0 Å². The number of halogens is 1. The smallest absolute Gasteiger partial charge is 0.239 e. The average Bonchev–Trinajstić information content (AvgIpc) is 2.51. The Kier molecular flexibility index (Phi) is 5.78. The molecule has 0 aliphatic rings. The Bertz CT molecular complexity index is 619. The summed E-state index contributed by atoms with van der Waals surface area (Å²) < 4.78 is 4.92. The Labute approximate surface area is 128 Å². The van der Waals surface area contributed by atoms with Crippen molar-refractivity contribution in [3.63, 3.8) is 0 Å². The normalized spacial score (nSPS) is 10.6. The van der Waals surface area contributed by atoms with Crippen molar-refractivity contribution in [1.29, 1.82) is 0 Å². The van der Waals surface area contributed by atoms with Gasteiger partial charge in [-0.2, -0.15) is 0 Å². The van der Waals surface area contributed by atoms with E-state index in [1.165, 1.54) is 0 Å². The number of pyridine rings is 1. The lowest BCUT2D eigenvalue weighted by atomic mass is 10.2. The summed E-state index contributed by atoms with van der Waals surface area (Å²) in [6, 6.07) is 7.36. The Hall–Kier alpha value is -1.85. The number of hydrogen-bond donors (Lipinski definition) is 2. The summed E-state index contributed by atoms with van der Waals surface area (Å²) in [4.78, 5) is 16.0. The van der Waals surface area contributed by atoms with E-state index in [0.717, 1.165) is 23.0 Å². The molecule has 0 aliphatic heterocycles. The number of benzene rings is 1. The first-order valence-corrected chi connectivity index (χ1v) is 7.13. The van der Waals surface area contributed by atoms with Gasteiger partial charge in [-0.25, -0.2) is 0 Å². The van der Waals surface area contributed by atoms with Gasteiger partial charge in [-0.3, -0.25) is 9.78 Å². The number of hydrogen-bond acceptors (Lipinski definition) is 4. The van der Waals surface area contributed by atoms with Crippen LogP contribution in [0.1, 0.15) is 6.42 Å². The molecular weight excluding hydrogens is 290 g/mol. The number of methoxy groups -OCH3 is 1. The predicted octanol–water partition coefficient (Wildman–Crippen LogP) is 2.45. The first-order valence-electron chi connectivity index (χ1n) is 6.75. The van der Waals surface area contributed by atoms with Crippen molar-refractivity contribution in [2.24, 2.45) is 0 Å². The monoisotopic (exact) mass is 307 g/mol. The van der Waals surface area contributed by atoms with Crippen LogP contribution < -0.4 is 10.6 Å². The molecule has 0 fully saturated rings. The van der Waals surface area contributed by atoms with Crippen molar-refractivity contribution in [3.8, 4) is 0 Å². The fourth-order valence-electron chi connectivity index (χ4n) is 1.96. The van der Waals surface area contributed by atoms with Gasteiger partial charge in [0.2, 0.25) is 5.91 Å². The summed E-state index contributed by atoms with van der Waals surface area (Å²) in [5, 5.41) is 7.42. The molecule has 0 saturated heterocycles. The maximum Gasteiger partial charge on any atom is 0.239 e. The van der Waals surface area contributed by atoms with Crippen LogP contribution in [-0.2, 0) is 9.53 Å². The summed E-state index contributed by atoms with van der Waals surface area (Å²) in [5.74, 6) is -0.0647. The molecule has 1 amide bonds. The number of carbonyl (C=O) groups excluding carboxylic acids is 1. The van der Waals surface area contributed by atoms with E-state index in [9.17, 15) is 4.79 Å². The molecular formula is C15H18ClN3O2. The third kappa shape index (κ3) is 4.31. The molecule has 0 radical (unpaired) electrons. The number of amides is 1. The second-order valence-electron chi connectivity index (χ2n) is 4.54. The van der Waals surface area contributed by atoms with Crippen LogP contribution in [0.2, 0.25) is 5.02 Å². The Morgan fingerprint density at radius 1 is 1.38 bits per heavy atom.